The largest absolute Gasteiger partial charge is 0.482 e. The average molecular weight is 292 g/mol. The number of ether oxygens (including phenoxy) is 2. The third-order valence-corrected chi connectivity index (χ3v) is 3.76. The summed E-state index contributed by atoms with van der Waals surface area (Å²) in [5.74, 6) is 0.290. The normalized spacial score (nSPS) is 18.8. The van der Waals surface area contributed by atoms with E-state index in [0.29, 0.717) is 17.8 Å². The monoisotopic (exact) mass is 292 g/mol. The van der Waals surface area contributed by atoms with Crippen LogP contribution in [-0.4, -0.2) is 49.8 Å². The van der Waals surface area contributed by atoms with Gasteiger partial charge < -0.3 is 14.8 Å². The summed E-state index contributed by atoms with van der Waals surface area (Å²) in [5, 5.41) is 3.54. The van der Waals surface area contributed by atoms with Crippen molar-refractivity contribution in [2.75, 3.05) is 32.1 Å². The fraction of sp³-hybridized carbons (Fsp3) is 0.562. The van der Waals surface area contributed by atoms with Gasteiger partial charge >= 0.3 is 5.97 Å². The second kappa shape index (κ2) is 7.31. The molecular formula is C16H24N2O3. The number of nitrogens with one attached hydrogen (secondary N) is 1. The molecule has 1 aromatic rings. The van der Waals surface area contributed by atoms with Crippen molar-refractivity contribution in [3.8, 4) is 5.75 Å². The number of esters is 1. The van der Waals surface area contributed by atoms with E-state index < -0.39 is 0 Å². The fourth-order valence-corrected chi connectivity index (χ4v) is 2.46. The number of nitrogens with zero attached hydrogens (tertiary/aromatic N) is 1. The van der Waals surface area contributed by atoms with Crippen LogP contribution in [0.2, 0.25) is 0 Å². The van der Waals surface area contributed by atoms with Crippen molar-refractivity contribution < 1.29 is 14.3 Å². The van der Waals surface area contributed by atoms with Crippen molar-refractivity contribution in [2.45, 2.75) is 32.4 Å². The van der Waals surface area contributed by atoms with E-state index in [4.69, 9.17) is 4.74 Å². The molecule has 116 valence electrons. The van der Waals surface area contributed by atoms with E-state index >= 15 is 0 Å². The van der Waals surface area contributed by atoms with E-state index in [1.165, 1.54) is 13.5 Å². The lowest BCUT2D eigenvalue weighted by atomic mass is 10.2. The van der Waals surface area contributed by atoms with Crippen LogP contribution >= 0.6 is 0 Å². The molecule has 5 nitrogen and oxygen atoms in total. The molecule has 0 radical (unpaired) electrons. The van der Waals surface area contributed by atoms with Crippen molar-refractivity contribution in [2.24, 2.45) is 0 Å². The van der Waals surface area contributed by atoms with Gasteiger partial charge in [-0.3, -0.25) is 4.90 Å². The smallest absolute Gasteiger partial charge is 0.343 e. The number of methoxy groups -OCH3 is 1. The minimum Gasteiger partial charge on any atom is -0.482 e. The molecule has 0 amide bonds. The summed E-state index contributed by atoms with van der Waals surface area (Å²) in [6.07, 6.45) is 1.17. The SMILES string of the molecule is COC(=O)COc1ccc(NC2CCN(C(C)C)C2)cc1. The Morgan fingerprint density at radius 2 is 2.10 bits per heavy atom. The molecule has 1 fully saturated rings. The number of anilines is 1. The molecular weight excluding hydrogens is 268 g/mol. The maximum Gasteiger partial charge on any atom is 0.343 e. The number of hydrogen-bond acceptors (Lipinski definition) is 5. The molecule has 0 aliphatic carbocycles. The van der Waals surface area contributed by atoms with Crippen LogP contribution in [0.25, 0.3) is 0 Å². The third kappa shape index (κ3) is 4.63. The molecule has 1 atom stereocenters. The first kappa shape index (κ1) is 15.6. The highest BCUT2D eigenvalue weighted by molar-refractivity contribution is 5.70. The van der Waals surface area contributed by atoms with Gasteiger partial charge in [-0.05, 0) is 44.5 Å². The van der Waals surface area contributed by atoms with Crippen molar-refractivity contribution in [3.05, 3.63) is 24.3 Å². The van der Waals surface area contributed by atoms with Crippen LogP contribution in [-0.2, 0) is 9.53 Å². The summed E-state index contributed by atoms with van der Waals surface area (Å²) in [6, 6.07) is 8.77. The Labute approximate surface area is 126 Å². The average Bonchev–Trinajstić information content (AvgIpc) is 2.95. The fourth-order valence-electron chi connectivity index (χ4n) is 2.46. The lowest BCUT2D eigenvalue weighted by molar-refractivity contribution is -0.142. The summed E-state index contributed by atoms with van der Waals surface area (Å²) in [6.45, 7) is 6.63. The van der Waals surface area contributed by atoms with Crippen molar-refractivity contribution in [1.82, 2.24) is 4.90 Å². The Balaban J connectivity index is 1.81. The second-order valence-corrected chi connectivity index (χ2v) is 5.61. The minimum atomic E-state index is -0.378. The van der Waals surface area contributed by atoms with Gasteiger partial charge in [-0.1, -0.05) is 0 Å². The predicted molar refractivity (Wildman–Crippen MR) is 82.7 cm³/mol. The van der Waals surface area contributed by atoms with Gasteiger partial charge in [0.25, 0.3) is 0 Å². The Morgan fingerprint density at radius 3 is 2.67 bits per heavy atom. The molecule has 21 heavy (non-hydrogen) atoms. The first-order valence-electron chi connectivity index (χ1n) is 7.38. The van der Waals surface area contributed by atoms with Gasteiger partial charge in [-0.15, -0.1) is 0 Å². The lowest BCUT2D eigenvalue weighted by Gasteiger charge is -2.21. The maximum absolute atomic E-state index is 11.0. The zero-order valence-corrected chi connectivity index (χ0v) is 13.0. The van der Waals surface area contributed by atoms with Gasteiger partial charge in [0.05, 0.1) is 7.11 Å². The molecule has 1 aliphatic rings. The van der Waals surface area contributed by atoms with Crippen LogP contribution in [0, 0.1) is 0 Å². The summed E-state index contributed by atoms with van der Waals surface area (Å²) in [5.41, 5.74) is 1.08. The van der Waals surface area contributed by atoms with Crippen molar-refractivity contribution in [1.29, 1.82) is 0 Å². The van der Waals surface area contributed by atoms with Crippen LogP contribution in [0.15, 0.2) is 24.3 Å². The van der Waals surface area contributed by atoms with Crippen molar-refractivity contribution >= 4 is 11.7 Å². The number of hydrogen-bond donors (Lipinski definition) is 1. The molecule has 0 aromatic heterocycles. The van der Waals surface area contributed by atoms with Gasteiger partial charge in [0.2, 0.25) is 0 Å². The van der Waals surface area contributed by atoms with E-state index in [1.807, 2.05) is 24.3 Å². The Bertz CT molecular complexity index is 459. The molecule has 1 unspecified atom stereocenters. The molecule has 2 rings (SSSR count). The molecule has 1 N–H and O–H groups in total. The molecule has 1 aromatic carbocycles. The summed E-state index contributed by atoms with van der Waals surface area (Å²) >= 11 is 0. The molecule has 0 spiro atoms. The summed E-state index contributed by atoms with van der Waals surface area (Å²) in [4.78, 5) is 13.5. The topological polar surface area (TPSA) is 50.8 Å². The van der Waals surface area contributed by atoms with E-state index in [1.54, 1.807) is 0 Å². The molecule has 1 aliphatic heterocycles. The molecule has 0 bridgehead atoms. The first-order chi connectivity index (χ1) is 10.1. The second-order valence-electron chi connectivity index (χ2n) is 5.61. The van der Waals surface area contributed by atoms with Gasteiger partial charge in [0.15, 0.2) is 6.61 Å². The highest BCUT2D eigenvalue weighted by Crippen LogP contribution is 2.20. The van der Waals surface area contributed by atoms with Crippen LogP contribution < -0.4 is 10.1 Å². The Kier molecular flexibility index (Phi) is 5.44. The number of carbonyl (C=O) groups excluding carboxylic acids is 1. The van der Waals surface area contributed by atoms with Gasteiger partial charge in [-0.25, -0.2) is 4.79 Å². The highest BCUT2D eigenvalue weighted by atomic mass is 16.6. The quantitative estimate of drug-likeness (QED) is 0.814. The summed E-state index contributed by atoms with van der Waals surface area (Å²) < 4.78 is 9.85. The number of rotatable bonds is 6. The van der Waals surface area contributed by atoms with E-state index in [0.717, 1.165) is 18.8 Å². The van der Waals surface area contributed by atoms with Crippen LogP contribution in [0.4, 0.5) is 5.69 Å². The zero-order chi connectivity index (χ0) is 15.2. The zero-order valence-electron chi connectivity index (χ0n) is 13.0. The van der Waals surface area contributed by atoms with Crippen LogP contribution in [0.3, 0.4) is 0 Å². The molecule has 5 heteroatoms. The Hall–Kier alpha value is -1.75. The van der Waals surface area contributed by atoms with Crippen LogP contribution in [0.1, 0.15) is 20.3 Å². The standard InChI is InChI=1S/C16H24N2O3/c1-12(2)18-9-8-14(10-18)17-13-4-6-15(7-5-13)21-11-16(19)20-3/h4-7,12,14,17H,8-11H2,1-3H3. The Morgan fingerprint density at radius 1 is 1.38 bits per heavy atom. The highest BCUT2D eigenvalue weighted by Gasteiger charge is 2.23. The third-order valence-electron chi connectivity index (χ3n) is 3.76. The maximum atomic E-state index is 11.0. The first-order valence-corrected chi connectivity index (χ1v) is 7.38. The van der Waals surface area contributed by atoms with Gasteiger partial charge in [-0.2, -0.15) is 0 Å². The summed E-state index contributed by atoms with van der Waals surface area (Å²) in [7, 11) is 1.35. The van der Waals surface area contributed by atoms with Crippen LogP contribution in [0.5, 0.6) is 5.75 Å². The minimum absolute atomic E-state index is 0.0603. The molecule has 1 saturated heterocycles. The number of carbonyl (C=O) groups is 1. The van der Waals surface area contributed by atoms with Gasteiger partial charge in [0, 0.05) is 30.9 Å². The van der Waals surface area contributed by atoms with E-state index in [-0.39, 0.29) is 12.6 Å². The van der Waals surface area contributed by atoms with Gasteiger partial charge in [0.1, 0.15) is 5.75 Å². The number of benzene rings is 1. The van der Waals surface area contributed by atoms with Crippen molar-refractivity contribution in [3.63, 3.8) is 0 Å². The lowest BCUT2D eigenvalue weighted by Crippen LogP contribution is -2.31. The molecule has 0 saturated carbocycles. The molecule has 1 heterocycles. The van der Waals surface area contributed by atoms with E-state index in [2.05, 4.69) is 28.8 Å². The van der Waals surface area contributed by atoms with E-state index in [9.17, 15) is 4.79 Å². The predicted octanol–water partition coefficient (Wildman–Crippen LogP) is 2.13. The number of likely N-dealkylation sites (tertiary alicyclic amines) is 1.